The van der Waals surface area contributed by atoms with Gasteiger partial charge >= 0.3 is 11.9 Å². The van der Waals surface area contributed by atoms with Gasteiger partial charge in [-0.3, -0.25) is 0 Å². The molecule has 96 valence electrons. The molecule has 0 bridgehead atoms. The summed E-state index contributed by atoms with van der Waals surface area (Å²) in [7, 11) is 1.15. The zero-order valence-corrected chi connectivity index (χ0v) is 9.75. The summed E-state index contributed by atoms with van der Waals surface area (Å²) in [5.41, 5.74) is -1.36. The van der Waals surface area contributed by atoms with Crippen LogP contribution in [0.1, 0.15) is 22.8 Å². The zero-order valence-electron chi connectivity index (χ0n) is 9.75. The highest BCUT2D eigenvalue weighted by molar-refractivity contribution is 5.96. The van der Waals surface area contributed by atoms with E-state index in [4.69, 9.17) is 4.74 Å². The molecular weight excluding hydrogens is 246 g/mol. The molecule has 1 aliphatic heterocycles. The fraction of sp³-hybridized carbons (Fsp3) is 0.333. The van der Waals surface area contributed by atoms with Crippen molar-refractivity contribution in [3.05, 3.63) is 34.9 Å². The Bertz CT molecular complexity index is 541. The molecule has 4 nitrogen and oxygen atoms in total. The number of hydrogen-bond acceptors (Lipinski definition) is 4. The van der Waals surface area contributed by atoms with Gasteiger partial charge in [-0.05, 0) is 24.6 Å². The van der Waals surface area contributed by atoms with Crippen molar-refractivity contribution in [1.82, 2.24) is 0 Å². The fourth-order valence-corrected chi connectivity index (χ4v) is 1.91. The van der Waals surface area contributed by atoms with E-state index in [2.05, 4.69) is 4.74 Å². The van der Waals surface area contributed by atoms with Crippen LogP contribution in [-0.2, 0) is 20.7 Å². The number of carbonyl (C=O) groups is 2. The molecular formula is C12H10F2O4. The molecule has 2 rings (SSSR count). The van der Waals surface area contributed by atoms with Crippen LogP contribution in [0.2, 0.25) is 0 Å². The maximum absolute atomic E-state index is 13.1. The number of methoxy groups -OCH3 is 1. The number of rotatable bonds is 1. The Labute approximate surface area is 101 Å². The van der Waals surface area contributed by atoms with Crippen molar-refractivity contribution in [2.24, 2.45) is 0 Å². The molecule has 0 aromatic heterocycles. The minimum atomic E-state index is -1.51. The number of halogens is 2. The van der Waals surface area contributed by atoms with E-state index in [1.54, 1.807) is 0 Å². The Morgan fingerprint density at radius 3 is 2.61 bits per heavy atom. The van der Waals surface area contributed by atoms with Crippen molar-refractivity contribution >= 4 is 11.9 Å². The van der Waals surface area contributed by atoms with Gasteiger partial charge in [0.15, 0.2) is 11.6 Å². The van der Waals surface area contributed by atoms with Crippen LogP contribution in [0.4, 0.5) is 8.78 Å². The highest BCUT2D eigenvalue weighted by Crippen LogP contribution is 2.30. The summed E-state index contributed by atoms with van der Waals surface area (Å²) >= 11 is 0. The normalized spacial score (nSPS) is 22.1. The van der Waals surface area contributed by atoms with E-state index >= 15 is 0 Å². The molecule has 1 heterocycles. The van der Waals surface area contributed by atoms with Crippen molar-refractivity contribution in [3.63, 3.8) is 0 Å². The average Bonchev–Trinajstić information content (AvgIpc) is 2.31. The molecule has 18 heavy (non-hydrogen) atoms. The van der Waals surface area contributed by atoms with Crippen molar-refractivity contribution in [2.45, 2.75) is 18.9 Å². The summed E-state index contributed by atoms with van der Waals surface area (Å²) < 4.78 is 35.6. The molecule has 0 saturated heterocycles. The topological polar surface area (TPSA) is 52.6 Å². The standard InChI is InChI=1S/C12H10F2O4/c1-12(11(16)17-2)5-6-3-8(13)9(14)4-7(6)10(15)18-12/h3-4H,5H2,1-2H3. The molecule has 0 N–H and O–H groups in total. The van der Waals surface area contributed by atoms with E-state index in [0.717, 1.165) is 19.2 Å². The van der Waals surface area contributed by atoms with Crippen LogP contribution in [0.5, 0.6) is 0 Å². The van der Waals surface area contributed by atoms with Gasteiger partial charge < -0.3 is 9.47 Å². The SMILES string of the molecule is COC(=O)C1(C)Cc2cc(F)c(F)cc2C(=O)O1. The summed E-state index contributed by atoms with van der Waals surface area (Å²) in [5.74, 6) is -3.82. The predicted molar refractivity (Wildman–Crippen MR) is 55.9 cm³/mol. The van der Waals surface area contributed by atoms with E-state index in [1.807, 2.05) is 0 Å². The molecule has 1 aromatic rings. The second-order valence-corrected chi connectivity index (χ2v) is 4.21. The number of hydrogen-bond donors (Lipinski definition) is 0. The van der Waals surface area contributed by atoms with E-state index in [1.165, 1.54) is 6.92 Å². The second kappa shape index (κ2) is 4.04. The molecule has 0 radical (unpaired) electrons. The third kappa shape index (κ3) is 1.83. The third-order valence-electron chi connectivity index (χ3n) is 2.83. The summed E-state index contributed by atoms with van der Waals surface area (Å²) in [6, 6.07) is 1.66. The van der Waals surface area contributed by atoms with Gasteiger partial charge in [0.2, 0.25) is 5.60 Å². The van der Waals surface area contributed by atoms with Gasteiger partial charge in [0.25, 0.3) is 0 Å². The van der Waals surface area contributed by atoms with E-state index in [9.17, 15) is 18.4 Å². The second-order valence-electron chi connectivity index (χ2n) is 4.21. The lowest BCUT2D eigenvalue weighted by Gasteiger charge is -2.31. The van der Waals surface area contributed by atoms with Gasteiger partial charge in [0.05, 0.1) is 12.7 Å². The number of carbonyl (C=O) groups excluding carboxylic acids is 2. The lowest BCUT2D eigenvalue weighted by Crippen LogP contribution is -2.46. The number of fused-ring (bicyclic) bond motifs is 1. The first-order valence-corrected chi connectivity index (χ1v) is 5.17. The van der Waals surface area contributed by atoms with Gasteiger partial charge in [0, 0.05) is 6.42 Å². The van der Waals surface area contributed by atoms with Crippen molar-refractivity contribution in [3.8, 4) is 0 Å². The predicted octanol–water partition coefficient (Wildman–Crippen LogP) is 1.61. The van der Waals surface area contributed by atoms with Crippen molar-refractivity contribution < 1.29 is 27.8 Å². The van der Waals surface area contributed by atoms with Crippen LogP contribution < -0.4 is 0 Å². The Morgan fingerprint density at radius 2 is 2.00 bits per heavy atom. The number of benzene rings is 1. The number of esters is 2. The summed E-state index contributed by atoms with van der Waals surface area (Å²) in [6.07, 6.45) is -0.0576. The fourth-order valence-electron chi connectivity index (χ4n) is 1.91. The molecule has 0 aliphatic carbocycles. The molecule has 1 unspecified atom stereocenters. The van der Waals surface area contributed by atoms with E-state index in [0.29, 0.717) is 0 Å². The summed E-state index contributed by atoms with van der Waals surface area (Å²) in [5, 5.41) is 0. The maximum atomic E-state index is 13.1. The Kier molecular flexibility index (Phi) is 2.80. The van der Waals surface area contributed by atoms with Crippen LogP contribution in [-0.4, -0.2) is 24.6 Å². The van der Waals surface area contributed by atoms with Gasteiger partial charge in [-0.1, -0.05) is 0 Å². The molecule has 0 spiro atoms. The van der Waals surface area contributed by atoms with Crippen LogP contribution in [0.15, 0.2) is 12.1 Å². The molecule has 1 aromatic carbocycles. The lowest BCUT2D eigenvalue weighted by molar-refractivity contribution is -0.161. The Morgan fingerprint density at radius 1 is 1.39 bits per heavy atom. The van der Waals surface area contributed by atoms with Crippen molar-refractivity contribution in [2.75, 3.05) is 7.11 Å². The van der Waals surface area contributed by atoms with Crippen LogP contribution in [0.3, 0.4) is 0 Å². The maximum Gasteiger partial charge on any atom is 0.350 e. The zero-order chi connectivity index (χ0) is 13.5. The smallest absolute Gasteiger partial charge is 0.350 e. The van der Waals surface area contributed by atoms with Gasteiger partial charge in [0.1, 0.15) is 0 Å². The average molecular weight is 256 g/mol. The molecule has 0 fully saturated rings. The van der Waals surface area contributed by atoms with Crippen LogP contribution >= 0.6 is 0 Å². The first-order chi connectivity index (χ1) is 8.37. The number of cyclic esters (lactones) is 1. The first kappa shape index (κ1) is 12.5. The third-order valence-corrected chi connectivity index (χ3v) is 2.83. The van der Waals surface area contributed by atoms with Crippen LogP contribution in [0, 0.1) is 11.6 Å². The van der Waals surface area contributed by atoms with E-state index in [-0.39, 0.29) is 17.5 Å². The number of ether oxygens (including phenoxy) is 2. The van der Waals surface area contributed by atoms with E-state index < -0.39 is 29.2 Å². The quantitative estimate of drug-likeness (QED) is 0.716. The largest absolute Gasteiger partial charge is 0.466 e. The molecule has 1 atom stereocenters. The Hall–Kier alpha value is -1.98. The minimum Gasteiger partial charge on any atom is -0.466 e. The highest BCUT2D eigenvalue weighted by Gasteiger charge is 2.44. The van der Waals surface area contributed by atoms with Crippen molar-refractivity contribution in [1.29, 1.82) is 0 Å². The summed E-state index contributed by atoms with van der Waals surface area (Å²) in [4.78, 5) is 23.2. The summed E-state index contributed by atoms with van der Waals surface area (Å²) in [6.45, 7) is 1.36. The lowest BCUT2D eigenvalue weighted by atomic mass is 9.90. The monoisotopic (exact) mass is 256 g/mol. The Balaban J connectivity index is 2.49. The van der Waals surface area contributed by atoms with Gasteiger partial charge in [-0.15, -0.1) is 0 Å². The molecule has 1 aliphatic rings. The van der Waals surface area contributed by atoms with Gasteiger partial charge in [-0.2, -0.15) is 0 Å². The van der Waals surface area contributed by atoms with Gasteiger partial charge in [-0.25, -0.2) is 18.4 Å². The molecule has 0 amide bonds. The minimum absolute atomic E-state index is 0.0576. The van der Waals surface area contributed by atoms with Crippen LogP contribution in [0.25, 0.3) is 0 Å². The first-order valence-electron chi connectivity index (χ1n) is 5.17. The molecule has 6 heteroatoms. The highest BCUT2D eigenvalue weighted by atomic mass is 19.2. The molecule has 0 saturated carbocycles.